The minimum absolute atomic E-state index is 0.0531. The van der Waals surface area contributed by atoms with E-state index in [0.717, 1.165) is 7.11 Å². The van der Waals surface area contributed by atoms with Gasteiger partial charge in [-0.15, -0.1) is 0 Å². The Labute approximate surface area is 173 Å². The van der Waals surface area contributed by atoms with E-state index in [4.69, 9.17) is 9.47 Å². The van der Waals surface area contributed by atoms with E-state index in [-0.39, 0.29) is 27.7 Å². The normalized spacial score (nSPS) is 16.5. The molecule has 0 radical (unpaired) electrons. The van der Waals surface area contributed by atoms with Gasteiger partial charge >= 0.3 is 12.0 Å². The monoisotopic (exact) mass is 432 g/mol. The second-order valence-corrected chi connectivity index (χ2v) is 8.41. The molecule has 1 aliphatic rings. The van der Waals surface area contributed by atoms with Gasteiger partial charge in [-0.1, -0.05) is 24.3 Å². The summed E-state index contributed by atoms with van der Waals surface area (Å²) in [5.41, 5.74) is 0.241. The molecule has 0 aliphatic carbocycles. The first kappa shape index (κ1) is 21.2. The lowest BCUT2D eigenvalue weighted by molar-refractivity contribution is -0.136. The van der Waals surface area contributed by atoms with Crippen LogP contribution in [0, 0.1) is 0 Å². The van der Waals surface area contributed by atoms with Crippen molar-refractivity contribution >= 4 is 21.8 Å². The maximum atomic E-state index is 12.8. The number of carbonyl (C=O) groups is 2. The molecule has 3 N–H and O–H groups in total. The molecule has 10 heteroatoms. The average Bonchev–Trinajstić information content (AvgIpc) is 2.73. The van der Waals surface area contributed by atoms with Gasteiger partial charge < -0.3 is 25.2 Å². The molecule has 0 spiro atoms. The van der Waals surface area contributed by atoms with Crippen molar-refractivity contribution in [2.75, 3.05) is 20.0 Å². The Bertz CT molecular complexity index is 1110. The molecule has 1 heterocycles. The number of nitrogens with one attached hydrogen (secondary N) is 2. The van der Waals surface area contributed by atoms with Crippen molar-refractivity contribution in [3.05, 3.63) is 65.4 Å². The lowest BCUT2D eigenvalue weighted by atomic mass is 9.95. The molecule has 0 aromatic heterocycles. The van der Waals surface area contributed by atoms with Crippen LogP contribution in [0.25, 0.3) is 0 Å². The number of rotatable bonds is 6. The van der Waals surface area contributed by atoms with E-state index in [0.29, 0.717) is 5.56 Å². The molecule has 1 aliphatic heterocycles. The van der Waals surface area contributed by atoms with Crippen LogP contribution in [0.3, 0.4) is 0 Å². The van der Waals surface area contributed by atoms with E-state index in [2.05, 4.69) is 10.6 Å². The SMILES string of the molecule is COC(=O)C1=C(CS(=O)(=O)c2ccccc2)NC(=O)N[C@H]1c1ccc(O)c(OC)c1. The highest BCUT2D eigenvalue weighted by atomic mass is 32.2. The van der Waals surface area contributed by atoms with Crippen molar-refractivity contribution in [2.45, 2.75) is 10.9 Å². The fraction of sp³-hybridized carbons (Fsp3) is 0.200. The van der Waals surface area contributed by atoms with Crippen molar-refractivity contribution in [3.8, 4) is 11.5 Å². The highest BCUT2D eigenvalue weighted by molar-refractivity contribution is 7.91. The summed E-state index contributed by atoms with van der Waals surface area (Å²) >= 11 is 0. The van der Waals surface area contributed by atoms with Crippen molar-refractivity contribution in [3.63, 3.8) is 0 Å². The lowest BCUT2D eigenvalue weighted by Crippen LogP contribution is -2.47. The molecule has 0 unspecified atom stereocenters. The molecule has 1 atom stereocenters. The van der Waals surface area contributed by atoms with Gasteiger partial charge in [0.05, 0.1) is 36.5 Å². The molecule has 158 valence electrons. The largest absolute Gasteiger partial charge is 0.504 e. The summed E-state index contributed by atoms with van der Waals surface area (Å²) in [6.45, 7) is 0. The van der Waals surface area contributed by atoms with Gasteiger partial charge in [0.25, 0.3) is 0 Å². The number of esters is 1. The summed E-state index contributed by atoms with van der Waals surface area (Å²) in [5.74, 6) is -1.42. The van der Waals surface area contributed by atoms with Gasteiger partial charge in [-0.05, 0) is 29.8 Å². The van der Waals surface area contributed by atoms with Crippen LogP contribution in [0.15, 0.2) is 64.7 Å². The lowest BCUT2D eigenvalue weighted by Gasteiger charge is -2.29. The summed E-state index contributed by atoms with van der Waals surface area (Å²) in [5, 5.41) is 14.8. The number of hydrogen-bond donors (Lipinski definition) is 3. The topological polar surface area (TPSA) is 131 Å². The second kappa shape index (κ2) is 8.46. The average molecular weight is 432 g/mol. The number of methoxy groups -OCH3 is 2. The van der Waals surface area contributed by atoms with Crippen LogP contribution < -0.4 is 15.4 Å². The van der Waals surface area contributed by atoms with Crippen LogP contribution in [-0.4, -0.2) is 45.5 Å². The highest BCUT2D eigenvalue weighted by Gasteiger charge is 2.35. The first-order valence-corrected chi connectivity index (χ1v) is 10.5. The Hall–Kier alpha value is -3.53. The maximum Gasteiger partial charge on any atom is 0.338 e. The predicted molar refractivity (Wildman–Crippen MR) is 107 cm³/mol. The number of urea groups is 1. The van der Waals surface area contributed by atoms with Crippen LogP contribution >= 0.6 is 0 Å². The summed E-state index contributed by atoms with van der Waals surface area (Å²) in [6, 6.07) is 10.3. The van der Waals surface area contributed by atoms with Gasteiger partial charge in [-0.25, -0.2) is 18.0 Å². The van der Waals surface area contributed by atoms with Gasteiger partial charge in [-0.2, -0.15) is 0 Å². The third-order valence-corrected chi connectivity index (χ3v) is 6.19. The number of hydrogen-bond acceptors (Lipinski definition) is 7. The van der Waals surface area contributed by atoms with Gasteiger partial charge in [0.15, 0.2) is 21.3 Å². The molecule has 9 nitrogen and oxygen atoms in total. The molecule has 2 aromatic rings. The zero-order chi connectivity index (χ0) is 21.9. The Kier molecular flexibility index (Phi) is 5.97. The number of sulfone groups is 1. The van der Waals surface area contributed by atoms with Gasteiger partial charge in [0, 0.05) is 5.70 Å². The maximum absolute atomic E-state index is 12.8. The van der Waals surface area contributed by atoms with Crippen LogP contribution in [0.1, 0.15) is 11.6 Å². The summed E-state index contributed by atoms with van der Waals surface area (Å²) in [7, 11) is -1.34. The predicted octanol–water partition coefficient (Wildman–Crippen LogP) is 1.66. The van der Waals surface area contributed by atoms with Crippen molar-refractivity contribution in [1.82, 2.24) is 10.6 Å². The number of carbonyl (C=O) groups excluding carboxylic acids is 2. The summed E-state index contributed by atoms with van der Waals surface area (Å²) in [4.78, 5) is 24.9. The second-order valence-electron chi connectivity index (χ2n) is 6.42. The smallest absolute Gasteiger partial charge is 0.338 e. The van der Waals surface area contributed by atoms with E-state index in [1.165, 1.54) is 37.4 Å². The summed E-state index contributed by atoms with van der Waals surface area (Å²) < 4.78 is 35.6. The van der Waals surface area contributed by atoms with Crippen LogP contribution in [-0.2, 0) is 19.4 Å². The number of aromatic hydroxyl groups is 1. The Balaban J connectivity index is 2.12. The van der Waals surface area contributed by atoms with Gasteiger partial charge in [-0.3, -0.25) is 0 Å². The molecule has 3 rings (SSSR count). The summed E-state index contributed by atoms with van der Waals surface area (Å²) in [6.07, 6.45) is 0. The minimum atomic E-state index is -3.86. The van der Waals surface area contributed by atoms with Crippen LogP contribution in [0.4, 0.5) is 4.79 Å². The standard InChI is InChI=1S/C20H20N2O7S/c1-28-16-10-12(8-9-15(16)23)18-17(19(24)29-2)14(21-20(25)22-18)11-30(26,27)13-6-4-3-5-7-13/h3-10,18,23H,11H2,1-2H3,(H2,21,22,25)/t18-/m0/s1. The first-order chi connectivity index (χ1) is 14.3. The molecule has 0 bridgehead atoms. The van der Waals surface area contributed by atoms with Crippen LogP contribution in [0.2, 0.25) is 0 Å². The Morgan fingerprint density at radius 1 is 1.13 bits per heavy atom. The third-order valence-electron chi connectivity index (χ3n) is 4.53. The number of benzene rings is 2. The highest BCUT2D eigenvalue weighted by Crippen LogP contribution is 2.34. The van der Waals surface area contributed by atoms with E-state index in [9.17, 15) is 23.1 Å². The molecule has 2 amide bonds. The van der Waals surface area contributed by atoms with Crippen molar-refractivity contribution in [1.29, 1.82) is 0 Å². The number of phenolic OH excluding ortho intramolecular Hbond substituents is 1. The fourth-order valence-electron chi connectivity index (χ4n) is 3.11. The Morgan fingerprint density at radius 3 is 2.47 bits per heavy atom. The minimum Gasteiger partial charge on any atom is -0.504 e. The van der Waals surface area contributed by atoms with E-state index in [1.807, 2.05) is 0 Å². The molecule has 2 aromatic carbocycles. The quantitative estimate of drug-likeness (QED) is 0.592. The molecular formula is C20H20N2O7S. The molecule has 0 saturated carbocycles. The first-order valence-electron chi connectivity index (χ1n) is 8.80. The molecule has 0 saturated heterocycles. The molecular weight excluding hydrogens is 412 g/mol. The number of amides is 2. The zero-order valence-electron chi connectivity index (χ0n) is 16.2. The van der Waals surface area contributed by atoms with E-state index in [1.54, 1.807) is 18.2 Å². The van der Waals surface area contributed by atoms with E-state index < -0.39 is 33.6 Å². The Morgan fingerprint density at radius 2 is 1.83 bits per heavy atom. The van der Waals surface area contributed by atoms with Gasteiger partial charge in [0.2, 0.25) is 0 Å². The van der Waals surface area contributed by atoms with E-state index >= 15 is 0 Å². The van der Waals surface area contributed by atoms with Crippen molar-refractivity contribution in [2.24, 2.45) is 0 Å². The number of ether oxygens (including phenoxy) is 2. The third kappa shape index (κ3) is 4.23. The fourth-order valence-corrected chi connectivity index (χ4v) is 4.45. The zero-order valence-corrected chi connectivity index (χ0v) is 17.0. The molecule has 0 fully saturated rings. The van der Waals surface area contributed by atoms with Crippen molar-refractivity contribution < 1.29 is 32.6 Å². The molecule has 30 heavy (non-hydrogen) atoms. The van der Waals surface area contributed by atoms with Gasteiger partial charge in [0.1, 0.15) is 0 Å². The number of phenols is 1. The van der Waals surface area contributed by atoms with Crippen LogP contribution in [0.5, 0.6) is 11.5 Å².